The molecule has 0 saturated heterocycles. The van der Waals surface area contributed by atoms with E-state index in [-0.39, 0.29) is 11.5 Å². The van der Waals surface area contributed by atoms with Crippen LogP contribution >= 0.6 is 11.6 Å². The highest BCUT2D eigenvalue weighted by Crippen LogP contribution is 2.06. The Bertz CT molecular complexity index is 402. The second-order valence-corrected chi connectivity index (χ2v) is 5.04. The Labute approximate surface area is 123 Å². The number of nitrogens with one attached hydrogen (secondary N) is 2. The smallest absolute Gasteiger partial charge is 0.326 e. The molecule has 1 unspecified atom stereocenters. The van der Waals surface area contributed by atoms with Gasteiger partial charge in [-0.15, -0.1) is 11.6 Å². The van der Waals surface area contributed by atoms with Crippen LogP contribution in [0.4, 0.5) is 0 Å². The minimum atomic E-state index is -1.11. The van der Waals surface area contributed by atoms with Gasteiger partial charge in [-0.05, 0) is 18.8 Å². The number of rotatable bonds is 9. The number of nitrogens with zero attached hydrogens (tertiary/aromatic N) is 1. The van der Waals surface area contributed by atoms with Gasteiger partial charge in [-0.25, -0.2) is 4.79 Å². The summed E-state index contributed by atoms with van der Waals surface area (Å²) in [5.41, 5.74) is -0.158. The number of hydrogen-bond donors (Lipinski definition) is 3. The van der Waals surface area contributed by atoms with Crippen LogP contribution in [0.15, 0.2) is 11.8 Å². The maximum Gasteiger partial charge on any atom is 0.326 e. The van der Waals surface area contributed by atoms with Gasteiger partial charge >= 0.3 is 5.97 Å². The highest BCUT2D eigenvalue weighted by atomic mass is 35.5. The molecule has 0 fully saturated rings. The molecule has 0 heterocycles. The lowest BCUT2D eigenvalue weighted by Gasteiger charge is -2.16. The zero-order valence-corrected chi connectivity index (χ0v) is 12.4. The van der Waals surface area contributed by atoms with Crippen molar-refractivity contribution in [3.63, 3.8) is 0 Å². The molecule has 112 valence electrons. The molecule has 0 spiro atoms. The Morgan fingerprint density at radius 3 is 2.55 bits per heavy atom. The monoisotopic (exact) mass is 301 g/mol. The van der Waals surface area contributed by atoms with Gasteiger partial charge in [0.05, 0.1) is 0 Å². The fourth-order valence-electron chi connectivity index (χ4n) is 1.42. The van der Waals surface area contributed by atoms with Crippen molar-refractivity contribution in [3.05, 3.63) is 11.8 Å². The van der Waals surface area contributed by atoms with Crippen LogP contribution < -0.4 is 10.6 Å². The van der Waals surface area contributed by atoms with Crippen molar-refractivity contribution in [2.24, 2.45) is 5.92 Å². The molecule has 3 N–H and O–H groups in total. The fraction of sp³-hybridized carbons (Fsp3) is 0.615. The van der Waals surface area contributed by atoms with E-state index < -0.39 is 17.9 Å². The molecule has 0 aromatic heterocycles. The maximum atomic E-state index is 11.8. The Kier molecular flexibility index (Phi) is 9.22. The van der Waals surface area contributed by atoms with Crippen molar-refractivity contribution in [2.75, 3.05) is 12.4 Å². The van der Waals surface area contributed by atoms with E-state index in [0.29, 0.717) is 25.3 Å². The van der Waals surface area contributed by atoms with E-state index in [1.165, 1.54) is 6.20 Å². The van der Waals surface area contributed by atoms with E-state index in [2.05, 4.69) is 10.6 Å². The van der Waals surface area contributed by atoms with Crippen molar-refractivity contribution < 1.29 is 14.7 Å². The average Bonchev–Trinajstić information content (AvgIpc) is 2.37. The summed E-state index contributed by atoms with van der Waals surface area (Å²) < 4.78 is 0. The van der Waals surface area contributed by atoms with Crippen molar-refractivity contribution in [3.8, 4) is 6.07 Å². The molecule has 0 aliphatic carbocycles. The van der Waals surface area contributed by atoms with Crippen LogP contribution in [-0.4, -0.2) is 35.4 Å². The van der Waals surface area contributed by atoms with Crippen LogP contribution in [-0.2, 0) is 9.59 Å². The molecule has 0 saturated carbocycles. The number of carbonyl (C=O) groups is 2. The number of nitriles is 1. The molecule has 0 rings (SSSR count). The first kappa shape index (κ1) is 18.3. The average molecular weight is 302 g/mol. The molecule has 0 radical (unpaired) electrons. The van der Waals surface area contributed by atoms with Crippen molar-refractivity contribution >= 4 is 23.5 Å². The lowest BCUT2D eigenvalue weighted by Crippen LogP contribution is -2.42. The number of carboxylic acids is 1. The zero-order valence-electron chi connectivity index (χ0n) is 11.6. The van der Waals surface area contributed by atoms with Crippen LogP contribution in [0.2, 0.25) is 0 Å². The number of hydrogen-bond acceptors (Lipinski definition) is 4. The summed E-state index contributed by atoms with van der Waals surface area (Å²) in [6, 6.07) is 0.739. The molecule has 20 heavy (non-hydrogen) atoms. The van der Waals surface area contributed by atoms with Gasteiger partial charge in [-0.2, -0.15) is 5.26 Å². The van der Waals surface area contributed by atoms with Crippen LogP contribution in [0.1, 0.15) is 26.7 Å². The minimum absolute atomic E-state index is 0.118. The van der Waals surface area contributed by atoms with Gasteiger partial charge in [0.2, 0.25) is 0 Å². The number of aliphatic carboxylic acids is 1. The molecule has 0 aliphatic rings. The molecule has 7 heteroatoms. The summed E-state index contributed by atoms with van der Waals surface area (Å²) in [6.07, 6.45) is 2.28. The molecular formula is C13H20ClN3O3. The summed E-state index contributed by atoms with van der Waals surface area (Å²) in [5.74, 6) is -1.21. The van der Waals surface area contributed by atoms with Crippen LogP contribution in [0.25, 0.3) is 0 Å². The molecule has 0 bridgehead atoms. The van der Waals surface area contributed by atoms with Gasteiger partial charge in [0.1, 0.15) is 17.7 Å². The highest BCUT2D eigenvalue weighted by Gasteiger charge is 2.22. The minimum Gasteiger partial charge on any atom is -0.480 e. The van der Waals surface area contributed by atoms with E-state index in [9.17, 15) is 9.59 Å². The topological polar surface area (TPSA) is 102 Å². The van der Waals surface area contributed by atoms with Crippen molar-refractivity contribution in [2.45, 2.75) is 32.7 Å². The normalized spacial score (nSPS) is 12.7. The molecule has 1 atom stereocenters. The largest absolute Gasteiger partial charge is 0.480 e. The van der Waals surface area contributed by atoms with E-state index >= 15 is 0 Å². The van der Waals surface area contributed by atoms with Crippen LogP contribution in [0.5, 0.6) is 0 Å². The second kappa shape index (κ2) is 10.1. The Hall–Kier alpha value is -1.74. The van der Waals surface area contributed by atoms with Crippen LogP contribution in [0, 0.1) is 17.2 Å². The number of alkyl halides is 1. The van der Waals surface area contributed by atoms with Gasteiger partial charge in [-0.3, -0.25) is 4.79 Å². The number of carbonyl (C=O) groups excluding carboxylic acids is 1. The first-order valence-electron chi connectivity index (χ1n) is 6.35. The van der Waals surface area contributed by atoms with Gasteiger partial charge in [-0.1, -0.05) is 13.8 Å². The number of carboxylic acid groups (broad SMARTS) is 1. The standard InChI is InChI=1S/C13H20ClN3O3/c1-9(2)6-11(13(19)20)17-12(18)10(7-15)8-16-5-3-4-14/h8-9,11,16H,3-6H2,1-2H3,(H,17,18)(H,19,20)/b10-8-. The van der Waals surface area contributed by atoms with Gasteiger partial charge < -0.3 is 15.7 Å². The van der Waals surface area contributed by atoms with Crippen LogP contribution in [0.3, 0.4) is 0 Å². The zero-order chi connectivity index (χ0) is 15.5. The third kappa shape index (κ3) is 7.64. The van der Waals surface area contributed by atoms with Gasteiger partial charge in [0.15, 0.2) is 0 Å². The molecule has 6 nitrogen and oxygen atoms in total. The van der Waals surface area contributed by atoms with E-state index in [4.69, 9.17) is 22.0 Å². The summed E-state index contributed by atoms with van der Waals surface area (Å²) in [6.45, 7) is 4.25. The summed E-state index contributed by atoms with van der Waals surface area (Å²) in [7, 11) is 0. The molecular weight excluding hydrogens is 282 g/mol. The quantitative estimate of drug-likeness (QED) is 0.257. The van der Waals surface area contributed by atoms with E-state index in [0.717, 1.165) is 0 Å². The summed E-state index contributed by atoms with van der Waals surface area (Å²) >= 11 is 5.50. The van der Waals surface area contributed by atoms with E-state index in [1.807, 2.05) is 13.8 Å². The molecule has 0 aliphatic heterocycles. The first-order chi connectivity index (χ1) is 9.42. The highest BCUT2D eigenvalue weighted by molar-refractivity contribution is 6.17. The molecule has 1 amide bonds. The predicted molar refractivity (Wildman–Crippen MR) is 76.1 cm³/mol. The Morgan fingerprint density at radius 2 is 2.10 bits per heavy atom. The molecule has 0 aromatic rings. The Balaban J connectivity index is 4.59. The Morgan fingerprint density at radius 1 is 1.45 bits per heavy atom. The number of amides is 1. The van der Waals surface area contributed by atoms with Gasteiger partial charge in [0.25, 0.3) is 5.91 Å². The lowest BCUT2D eigenvalue weighted by atomic mass is 10.0. The first-order valence-corrected chi connectivity index (χ1v) is 6.89. The third-order valence-corrected chi connectivity index (χ3v) is 2.64. The van der Waals surface area contributed by atoms with Crippen molar-refractivity contribution in [1.82, 2.24) is 10.6 Å². The number of halogens is 1. The summed E-state index contributed by atoms with van der Waals surface area (Å²) in [5, 5.41) is 23.0. The molecule has 0 aromatic carbocycles. The van der Waals surface area contributed by atoms with E-state index in [1.54, 1.807) is 6.07 Å². The SMILES string of the molecule is CC(C)CC(NC(=O)/C(C#N)=C\NCCCCl)C(=O)O. The van der Waals surface area contributed by atoms with Gasteiger partial charge in [0, 0.05) is 18.6 Å². The third-order valence-electron chi connectivity index (χ3n) is 2.38. The lowest BCUT2D eigenvalue weighted by molar-refractivity contribution is -0.141. The maximum absolute atomic E-state index is 11.8. The predicted octanol–water partition coefficient (Wildman–Crippen LogP) is 1.23. The summed E-state index contributed by atoms with van der Waals surface area (Å²) in [4.78, 5) is 22.8. The fourth-order valence-corrected chi connectivity index (χ4v) is 1.55. The second-order valence-electron chi connectivity index (χ2n) is 4.66. The van der Waals surface area contributed by atoms with Crippen molar-refractivity contribution in [1.29, 1.82) is 5.26 Å².